The SMILES string of the molecule is C=C(CCCC)Nc1nccc(-c2ccc3[nH]nc(-c4nc5c(-c6cccnc6)cncc5[nH]4)c3c2)n1.CC. The van der Waals surface area contributed by atoms with Crippen molar-refractivity contribution in [3.63, 3.8) is 0 Å². The van der Waals surface area contributed by atoms with Gasteiger partial charge in [0.2, 0.25) is 5.95 Å². The van der Waals surface area contributed by atoms with Crippen LogP contribution in [-0.2, 0) is 0 Å². The Labute approximate surface area is 226 Å². The van der Waals surface area contributed by atoms with E-state index in [4.69, 9.17) is 9.97 Å². The molecule has 0 bridgehead atoms. The molecule has 0 aliphatic carbocycles. The highest BCUT2D eigenvalue weighted by atomic mass is 15.1. The van der Waals surface area contributed by atoms with Crippen LogP contribution in [0.3, 0.4) is 0 Å². The van der Waals surface area contributed by atoms with Crippen LogP contribution in [0.4, 0.5) is 5.95 Å². The highest BCUT2D eigenvalue weighted by Gasteiger charge is 2.16. The van der Waals surface area contributed by atoms with Gasteiger partial charge in [0.1, 0.15) is 11.2 Å². The standard InChI is InChI=1S/C28H25N9.C2H6/c1-3-4-6-17(2)32-28-31-12-10-22(34-28)18-8-9-23-20(13-18)26(37-36-23)27-33-24-16-30-15-21(25(24)35-27)19-7-5-11-29-14-19;1-2/h5,7-16H,2-4,6H2,1H3,(H,33,35)(H,36,37)(H,31,32,34);1-2H3. The number of allylic oxidation sites excluding steroid dienone is 1. The lowest BCUT2D eigenvalue weighted by atomic mass is 10.1. The van der Waals surface area contributed by atoms with Crippen LogP contribution in [0.1, 0.15) is 40.0 Å². The van der Waals surface area contributed by atoms with Crippen molar-refractivity contribution in [2.75, 3.05) is 5.32 Å². The van der Waals surface area contributed by atoms with E-state index in [2.05, 4.69) is 55.0 Å². The molecule has 3 N–H and O–H groups in total. The van der Waals surface area contributed by atoms with Crippen molar-refractivity contribution in [1.82, 2.24) is 40.1 Å². The van der Waals surface area contributed by atoms with E-state index in [1.54, 1.807) is 18.6 Å². The van der Waals surface area contributed by atoms with Crippen LogP contribution in [0.2, 0.25) is 0 Å². The zero-order chi connectivity index (χ0) is 27.2. The molecular weight excluding hydrogens is 486 g/mol. The van der Waals surface area contributed by atoms with Crippen molar-refractivity contribution >= 4 is 27.9 Å². The highest BCUT2D eigenvalue weighted by molar-refractivity contribution is 5.97. The van der Waals surface area contributed by atoms with Crippen LogP contribution in [-0.4, -0.2) is 40.1 Å². The van der Waals surface area contributed by atoms with Crippen LogP contribution < -0.4 is 5.32 Å². The molecule has 0 amide bonds. The Morgan fingerprint density at radius 1 is 0.949 bits per heavy atom. The number of pyridine rings is 2. The van der Waals surface area contributed by atoms with Gasteiger partial charge in [-0.25, -0.2) is 15.0 Å². The van der Waals surface area contributed by atoms with Crippen molar-refractivity contribution < 1.29 is 0 Å². The number of aromatic amines is 2. The summed E-state index contributed by atoms with van der Waals surface area (Å²) in [4.78, 5) is 26.0. The Morgan fingerprint density at radius 2 is 1.85 bits per heavy atom. The van der Waals surface area contributed by atoms with E-state index in [1.807, 2.05) is 56.6 Å². The molecule has 0 atom stereocenters. The summed E-state index contributed by atoms with van der Waals surface area (Å²) in [7, 11) is 0. The topological polar surface area (TPSA) is 121 Å². The fourth-order valence-corrected chi connectivity index (χ4v) is 4.32. The third-order valence-corrected chi connectivity index (χ3v) is 6.23. The molecule has 9 heteroatoms. The van der Waals surface area contributed by atoms with Gasteiger partial charge in [-0.3, -0.25) is 15.1 Å². The van der Waals surface area contributed by atoms with Crippen molar-refractivity contribution in [3.05, 3.63) is 79.7 Å². The summed E-state index contributed by atoms with van der Waals surface area (Å²) in [5.74, 6) is 1.20. The minimum atomic E-state index is 0.541. The second-order valence-corrected chi connectivity index (χ2v) is 8.84. The lowest BCUT2D eigenvalue weighted by Gasteiger charge is -2.09. The van der Waals surface area contributed by atoms with Crippen LogP contribution in [0.5, 0.6) is 0 Å². The predicted molar refractivity (Wildman–Crippen MR) is 157 cm³/mol. The number of unbranched alkanes of at least 4 members (excludes halogenated alkanes) is 1. The molecule has 0 radical (unpaired) electrons. The van der Waals surface area contributed by atoms with Gasteiger partial charge in [-0.1, -0.05) is 45.9 Å². The summed E-state index contributed by atoms with van der Waals surface area (Å²) < 4.78 is 0. The number of benzene rings is 1. The zero-order valence-electron chi connectivity index (χ0n) is 22.4. The van der Waals surface area contributed by atoms with E-state index in [0.717, 1.165) is 75.0 Å². The number of fused-ring (bicyclic) bond motifs is 2. The number of aromatic nitrogens is 8. The Balaban J connectivity index is 0.00000151. The summed E-state index contributed by atoms with van der Waals surface area (Å²) in [6, 6.07) is 11.9. The molecular formula is C30H31N9. The van der Waals surface area contributed by atoms with Gasteiger partial charge in [0.15, 0.2) is 5.82 Å². The number of nitrogens with zero attached hydrogens (tertiary/aromatic N) is 6. The minimum Gasteiger partial charge on any atom is -0.335 e. The second-order valence-electron chi connectivity index (χ2n) is 8.84. The van der Waals surface area contributed by atoms with Gasteiger partial charge in [-0.2, -0.15) is 5.10 Å². The number of hydrogen-bond acceptors (Lipinski definition) is 7. The van der Waals surface area contributed by atoms with Gasteiger partial charge >= 0.3 is 0 Å². The summed E-state index contributed by atoms with van der Waals surface area (Å²) >= 11 is 0. The maximum absolute atomic E-state index is 4.90. The van der Waals surface area contributed by atoms with Gasteiger partial charge in [0.25, 0.3) is 0 Å². The third-order valence-electron chi connectivity index (χ3n) is 6.23. The molecule has 196 valence electrons. The first-order valence-corrected chi connectivity index (χ1v) is 13.2. The highest BCUT2D eigenvalue weighted by Crippen LogP contribution is 2.32. The Bertz CT molecular complexity index is 1720. The summed E-state index contributed by atoms with van der Waals surface area (Å²) in [5, 5.41) is 11.9. The number of hydrogen-bond donors (Lipinski definition) is 3. The maximum Gasteiger partial charge on any atom is 0.227 e. The molecule has 0 spiro atoms. The van der Waals surface area contributed by atoms with Crippen LogP contribution in [0.25, 0.3) is 55.8 Å². The van der Waals surface area contributed by atoms with E-state index < -0.39 is 0 Å². The van der Waals surface area contributed by atoms with Gasteiger partial charge in [0.05, 0.1) is 22.9 Å². The van der Waals surface area contributed by atoms with E-state index >= 15 is 0 Å². The maximum atomic E-state index is 4.90. The molecule has 39 heavy (non-hydrogen) atoms. The number of rotatable bonds is 8. The molecule has 9 nitrogen and oxygen atoms in total. The largest absolute Gasteiger partial charge is 0.335 e. The van der Waals surface area contributed by atoms with Gasteiger partial charge in [-0.15, -0.1) is 0 Å². The first-order chi connectivity index (χ1) is 19.2. The molecule has 0 fully saturated rings. The lowest BCUT2D eigenvalue weighted by molar-refractivity contribution is 0.789. The quantitative estimate of drug-likeness (QED) is 0.196. The normalized spacial score (nSPS) is 10.8. The molecule has 1 aromatic carbocycles. The lowest BCUT2D eigenvalue weighted by Crippen LogP contribution is -2.03. The first-order valence-electron chi connectivity index (χ1n) is 13.2. The van der Waals surface area contributed by atoms with Gasteiger partial charge in [0, 0.05) is 52.6 Å². The molecule has 6 aromatic rings. The average molecular weight is 518 g/mol. The molecule has 6 rings (SSSR count). The van der Waals surface area contributed by atoms with Gasteiger partial charge in [-0.05, 0) is 37.1 Å². The van der Waals surface area contributed by atoms with Crippen molar-refractivity contribution in [1.29, 1.82) is 0 Å². The predicted octanol–water partition coefficient (Wildman–Crippen LogP) is 7.16. The molecule has 0 saturated heterocycles. The Morgan fingerprint density at radius 3 is 2.67 bits per heavy atom. The summed E-state index contributed by atoms with van der Waals surface area (Å²) in [6.07, 6.45) is 12.0. The second kappa shape index (κ2) is 11.6. The number of H-pyrrole nitrogens is 2. The first kappa shape index (κ1) is 25.7. The van der Waals surface area contributed by atoms with Gasteiger partial charge < -0.3 is 10.3 Å². The summed E-state index contributed by atoms with van der Waals surface area (Å²) in [5.41, 5.74) is 7.83. The van der Waals surface area contributed by atoms with Crippen molar-refractivity contribution in [2.24, 2.45) is 0 Å². The molecule has 5 heterocycles. The average Bonchev–Trinajstić information content (AvgIpc) is 3.61. The number of anilines is 1. The minimum absolute atomic E-state index is 0.541. The third kappa shape index (κ3) is 5.38. The zero-order valence-corrected chi connectivity index (χ0v) is 22.4. The molecule has 0 unspecified atom stereocenters. The monoisotopic (exact) mass is 517 g/mol. The number of nitrogens with one attached hydrogen (secondary N) is 3. The fourth-order valence-electron chi connectivity index (χ4n) is 4.32. The van der Waals surface area contributed by atoms with Crippen molar-refractivity contribution in [2.45, 2.75) is 40.0 Å². The van der Waals surface area contributed by atoms with Crippen LogP contribution in [0.15, 0.2) is 79.7 Å². The van der Waals surface area contributed by atoms with Crippen LogP contribution >= 0.6 is 0 Å². The van der Waals surface area contributed by atoms with E-state index in [0.29, 0.717) is 11.8 Å². The van der Waals surface area contributed by atoms with E-state index in [9.17, 15) is 0 Å². The number of imidazole rings is 1. The molecule has 0 aliphatic heterocycles. The molecule has 5 aromatic heterocycles. The smallest absolute Gasteiger partial charge is 0.227 e. The van der Waals surface area contributed by atoms with Crippen molar-refractivity contribution in [3.8, 4) is 33.9 Å². The van der Waals surface area contributed by atoms with E-state index in [1.165, 1.54) is 0 Å². The molecule has 0 saturated carbocycles. The summed E-state index contributed by atoms with van der Waals surface area (Å²) in [6.45, 7) is 10.2. The van der Waals surface area contributed by atoms with E-state index in [-0.39, 0.29) is 0 Å². The fraction of sp³-hybridized carbons (Fsp3) is 0.200. The molecule has 0 aliphatic rings. The Hall–Kier alpha value is -4.92. The van der Waals surface area contributed by atoms with Crippen LogP contribution in [0, 0.1) is 0 Å². The Kier molecular flexibility index (Phi) is 7.68.